The number of halogens is 3. The molecule has 2 rings (SSSR count). The number of rotatable bonds is 5. The van der Waals surface area contributed by atoms with Crippen molar-refractivity contribution in [2.45, 2.75) is 26.1 Å². The third-order valence-corrected chi connectivity index (χ3v) is 3.73. The number of anilines is 1. The number of carboxylic acid groups (broad SMARTS) is 2. The number of fused-ring (bicyclic) bond motifs is 1. The largest absolute Gasteiger partial charge is 0.490 e. The van der Waals surface area contributed by atoms with Crippen LogP contribution in [0.5, 0.6) is 0 Å². The van der Waals surface area contributed by atoms with Crippen molar-refractivity contribution in [2.24, 2.45) is 5.73 Å². The SMILES string of the molecule is CCN(CC)c1ccc2c(C(N)C(=O)O)cc(=O)oc2c1.O=C(O)C(F)(F)F. The van der Waals surface area contributed by atoms with Gasteiger partial charge >= 0.3 is 23.7 Å². The average molecular weight is 404 g/mol. The molecule has 4 N–H and O–H groups in total. The molecule has 0 saturated heterocycles. The van der Waals surface area contributed by atoms with E-state index in [2.05, 4.69) is 4.90 Å². The Kier molecular flexibility index (Phi) is 7.56. The first kappa shape index (κ1) is 23.0. The molecule has 0 bridgehead atoms. The van der Waals surface area contributed by atoms with Crippen LogP contribution in [0, 0.1) is 0 Å². The zero-order chi connectivity index (χ0) is 21.6. The highest BCUT2D eigenvalue weighted by molar-refractivity contribution is 5.88. The van der Waals surface area contributed by atoms with Crippen molar-refractivity contribution in [3.63, 3.8) is 0 Å². The van der Waals surface area contributed by atoms with E-state index in [0.29, 0.717) is 11.0 Å². The molecular weight excluding hydrogens is 385 g/mol. The first-order valence-corrected chi connectivity index (χ1v) is 8.03. The summed E-state index contributed by atoms with van der Waals surface area (Å²) in [6, 6.07) is 5.23. The Bertz CT molecular complexity index is 906. The molecule has 0 radical (unpaired) electrons. The van der Waals surface area contributed by atoms with Gasteiger partial charge in [0, 0.05) is 36.3 Å². The summed E-state index contributed by atoms with van der Waals surface area (Å²) in [5, 5.41) is 16.7. The molecule has 154 valence electrons. The number of nitrogens with zero attached hydrogens (tertiary/aromatic N) is 1. The molecule has 0 aliphatic rings. The van der Waals surface area contributed by atoms with Crippen LogP contribution < -0.4 is 16.3 Å². The van der Waals surface area contributed by atoms with Crippen LogP contribution in [0.2, 0.25) is 0 Å². The minimum atomic E-state index is -5.08. The summed E-state index contributed by atoms with van der Waals surface area (Å²) in [7, 11) is 0. The fourth-order valence-electron chi connectivity index (χ4n) is 2.35. The second-order valence-electron chi connectivity index (χ2n) is 5.49. The lowest BCUT2D eigenvalue weighted by molar-refractivity contribution is -0.192. The quantitative estimate of drug-likeness (QED) is 0.647. The normalized spacial score (nSPS) is 12.1. The highest BCUT2D eigenvalue weighted by Crippen LogP contribution is 2.26. The van der Waals surface area contributed by atoms with E-state index in [9.17, 15) is 22.8 Å². The van der Waals surface area contributed by atoms with Gasteiger partial charge in [-0.3, -0.25) is 4.79 Å². The predicted molar refractivity (Wildman–Crippen MR) is 94.3 cm³/mol. The van der Waals surface area contributed by atoms with Crippen molar-refractivity contribution in [3.8, 4) is 0 Å². The van der Waals surface area contributed by atoms with E-state index in [4.69, 9.17) is 25.2 Å². The van der Waals surface area contributed by atoms with Gasteiger partial charge < -0.3 is 25.3 Å². The van der Waals surface area contributed by atoms with E-state index in [1.807, 2.05) is 19.9 Å². The van der Waals surface area contributed by atoms with Gasteiger partial charge in [0.05, 0.1) is 0 Å². The van der Waals surface area contributed by atoms with E-state index in [-0.39, 0.29) is 5.56 Å². The summed E-state index contributed by atoms with van der Waals surface area (Å²) in [6.07, 6.45) is -5.08. The van der Waals surface area contributed by atoms with Crippen LogP contribution in [0.3, 0.4) is 0 Å². The van der Waals surface area contributed by atoms with Crippen LogP contribution in [-0.2, 0) is 9.59 Å². The second-order valence-corrected chi connectivity index (χ2v) is 5.49. The molecule has 28 heavy (non-hydrogen) atoms. The lowest BCUT2D eigenvalue weighted by Crippen LogP contribution is -2.23. The summed E-state index contributed by atoms with van der Waals surface area (Å²) in [5.74, 6) is -3.94. The summed E-state index contributed by atoms with van der Waals surface area (Å²) in [4.78, 5) is 33.7. The van der Waals surface area contributed by atoms with E-state index >= 15 is 0 Å². The van der Waals surface area contributed by atoms with Crippen molar-refractivity contribution in [1.82, 2.24) is 0 Å². The molecule has 0 spiro atoms. The van der Waals surface area contributed by atoms with Crippen LogP contribution in [0.1, 0.15) is 25.5 Å². The van der Waals surface area contributed by atoms with Gasteiger partial charge in [-0.05, 0) is 31.5 Å². The summed E-state index contributed by atoms with van der Waals surface area (Å²) in [5.41, 5.74) is 6.55. The lowest BCUT2D eigenvalue weighted by Gasteiger charge is -2.21. The first-order valence-electron chi connectivity index (χ1n) is 8.03. The summed E-state index contributed by atoms with van der Waals surface area (Å²) < 4.78 is 36.9. The Morgan fingerprint density at radius 3 is 2.14 bits per heavy atom. The number of aliphatic carboxylic acids is 2. The number of carboxylic acids is 2. The van der Waals surface area contributed by atoms with Gasteiger partial charge in [0.25, 0.3) is 0 Å². The number of carbonyl (C=O) groups is 2. The Labute approximate surface area is 157 Å². The smallest absolute Gasteiger partial charge is 0.480 e. The third-order valence-electron chi connectivity index (χ3n) is 3.73. The Balaban J connectivity index is 0.000000480. The molecular formula is C17H19F3N2O6. The Morgan fingerprint density at radius 1 is 1.18 bits per heavy atom. The van der Waals surface area contributed by atoms with Gasteiger partial charge in [0.15, 0.2) is 0 Å². The molecule has 1 unspecified atom stereocenters. The minimum Gasteiger partial charge on any atom is -0.480 e. The number of benzene rings is 1. The van der Waals surface area contributed by atoms with Crippen molar-refractivity contribution < 1.29 is 37.4 Å². The van der Waals surface area contributed by atoms with Gasteiger partial charge in [-0.25, -0.2) is 9.59 Å². The first-order chi connectivity index (χ1) is 12.9. The zero-order valence-corrected chi connectivity index (χ0v) is 15.0. The third kappa shape index (κ3) is 5.71. The van der Waals surface area contributed by atoms with Crippen LogP contribution in [0.4, 0.5) is 18.9 Å². The van der Waals surface area contributed by atoms with Gasteiger partial charge in [-0.1, -0.05) is 0 Å². The maximum absolute atomic E-state index is 11.6. The molecule has 0 amide bonds. The predicted octanol–water partition coefficient (Wildman–Crippen LogP) is 2.36. The molecule has 1 aromatic carbocycles. The van der Waals surface area contributed by atoms with Gasteiger partial charge in [0.1, 0.15) is 11.6 Å². The average Bonchev–Trinajstić information content (AvgIpc) is 2.60. The molecule has 0 aliphatic carbocycles. The minimum absolute atomic E-state index is 0.264. The summed E-state index contributed by atoms with van der Waals surface area (Å²) >= 11 is 0. The molecule has 1 aromatic heterocycles. The van der Waals surface area contributed by atoms with Crippen LogP contribution >= 0.6 is 0 Å². The number of alkyl halides is 3. The fraction of sp³-hybridized carbons (Fsp3) is 0.353. The molecule has 1 atom stereocenters. The maximum atomic E-state index is 11.6. The highest BCUT2D eigenvalue weighted by atomic mass is 19.4. The topological polar surface area (TPSA) is 134 Å². The second kappa shape index (κ2) is 9.22. The van der Waals surface area contributed by atoms with Crippen LogP contribution in [-0.4, -0.2) is 41.4 Å². The van der Waals surface area contributed by atoms with Gasteiger partial charge in [-0.15, -0.1) is 0 Å². The Hall–Kier alpha value is -3.08. The molecule has 11 heteroatoms. The summed E-state index contributed by atoms with van der Waals surface area (Å²) in [6.45, 7) is 5.70. The van der Waals surface area contributed by atoms with Crippen LogP contribution in [0.15, 0.2) is 33.5 Å². The maximum Gasteiger partial charge on any atom is 0.490 e. The number of nitrogens with two attached hydrogens (primary N) is 1. The van der Waals surface area contributed by atoms with Crippen LogP contribution in [0.25, 0.3) is 11.0 Å². The highest BCUT2D eigenvalue weighted by Gasteiger charge is 2.38. The van der Waals surface area contributed by atoms with E-state index < -0.39 is 29.8 Å². The van der Waals surface area contributed by atoms with Crippen molar-refractivity contribution in [3.05, 3.63) is 40.2 Å². The number of hydrogen-bond acceptors (Lipinski definition) is 6. The van der Waals surface area contributed by atoms with E-state index in [1.54, 1.807) is 12.1 Å². The van der Waals surface area contributed by atoms with Gasteiger partial charge in [-0.2, -0.15) is 13.2 Å². The molecule has 8 nitrogen and oxygen atoms in total. The van der Waals surface area contributed by atoms with Gasteiger partial charge in [0.2, 0.25) is 0 Å². The van der Waals surface area contributed by atoms with E-state index in [0.717, 1.165) is 24.8 Å². The molecule has 2 aromatic rings. The monoisotopic (exact) mass is 404 g/mol. The van der Waals surface area contributed by atoms with E-state index in [1.165, 1.54) is 0 Å². The van der Waals surface area contributed by atoms with Crippen molar-refractivity contribution in [1.29, 1.82) is 0 Å². The molecule has 0 saturated carbocycles. The molecule has 0 aliphatic heterocycles. The number of hydrogen-bond donors (Lipinski definition) is 3. The molecule has 1 heterocycles. The Morgan fingerprint density at radius 2 is 1.71 bits per heavy atom. The lowest BCUT2D eigenvalue weighted by atomic mass is 10.0. The fourth-order valence-corrected chi connectivity index (χ4v) is 2.35. The standard InChI is InChI=1S/C15H18N2O4.C2HF3O2/c1-3-17(4-2)9-5-6-10-11(14(16)15(19)20)8-13(18)21-12(10)7-9;3-2(4,5)1(6)7/h5-8,14H,3-4,16H2,1-2H3,(H,19,20);(H,6,7). The van der Waals surface area contributed by atoms with Crippen molar-refractivity contribution >= 4 is 28.6 Å². The van der Waals surface area contributed by atoms with Crippen molar-refractivity contribution in [2.75, 3.05) is 18.0 Å². The molecule has 0 fully saturated rings. The zero-order valence-electron chi connectivity index (χ0n) is 15.0.